The van der Waals surface area contributed by atoms with Crippen LogP contribution in [-0.4, -0.2) is 10.1 Å². The van der Waals surface area contributed by atoms with E-state index in [-0.39, 0.29) is 0 Å². The predicted octanol–water partition coefficient (Wildman–Crippen LogP) is 3.80. The molecule has 3 aromatic rings. The highest BCUT2D eigenvalue weighted by atomic mass is 16.6. The van der Waals surface area contributed by atoms with Gasteiger partial charge in [0.05, 0.1) is 5.69 Å². The minimum Gasteiger partial charge on any atom is -0.460 e. The monoisotopic (exact) mass is 275 g/mol. The van der Waals surface area contributed by atoms with E-state index in [0.29, 0.717) is 11.3 Å². The molecule has 1 unspecified atom stereocenters. The largest absolute Gasteiger partial charge is 0.460 e. The highest BCUT2D eigenvalue weighted by Gasteiger charge is 2.24. The van der Waals surface area contributed by atoms with Gasteiger partial charge < -0.3 is 9.84 Å². The molecule has 2 heterocycles. The van der Waals surface area contributed by atoms with Gasteiger partial charge in [0.2, 0.25) is 6.29 Å². The average molecular weight is 275 g/mol. The first-order chi connectivity index (χ1) is 10.3. The molecular formula is C18H13NO2. The number of hydrogen-bond donors (Lipinski definition) is 1. The molecule has 3 nitrogen and oxygen atoms in total. The van der Waals surface area contributed by atoms with Crippen molar-refractivity contribution in [1.29, 1.82) is 0 Å². The number of para-hydroxylation sites is 1. The van der Waals surface area contributed by atoms with Crippen LogP contribution in [0.3, 0.4) is 0 Å². The van der Waals surface area contributed by atoms with Crippen molar-refractivity contribution in [3.05, 3.63) is 72.4 Å². The summed E-state index contributed by atoms with van der Waals surface area (Å²) in [5, 5.41) is 10.1. The molecule has 3 heteroatoms. The van der Waals surface area contributed by atoms with Gasteiger partial charge in [0, 0.05) is 22.9 Å². The fourth-order valence-electron chi connectivity index (χ4n) is 2.64. The summed E-state index contributed by atoms with van der Waals surface area (Å²) in [6.45, 7) is 0. The zero-order valence-electron chi connectivity index (χ0n) is 11.2. The quantitative estimate of drug-likeness (QED) is 0.734. The second kappa shape index (κ2) is 4.72. The Labute approximate surface area is 122 Å². The summed E-state index contributed by atoms with van der Waals surface area (Å²) >= 11 is 0. The fraction of sp³-hybridized carbons (Fsp3) is 0.0556. The molecule has 1 aliphatic rings. The topological polar surface area (TPSA) is 42.4 Å². The first-order valence-electron chi connectivity index (χ1n) is 6.82. The summed E-state index contributed by atoms with van der Waals surface area (Å²) < 4.78 is 5.52. The molecule has 0 saturated heterocycles. The predicted molar refractivity (Wildman–Crippen MR) is 80.7 cm³/mol. The number of aliphatic hydroxyl groups is 1. The van der Waals surface area contributed by atoms with Crippen LogP contribution in [0.2, 0.25) is 0 Å². The number of aliphatic hydroxyl groups excluding tert-OH is 1. The van der Waals surface area contributed by atoms with E-state index in [0.717, 1.165) is 22.4 Å². The molecule has 0 amide bonds. The molecule has 0 fully saturated rings. The van der Waals surface area contributed by atoms with Crippen molar-refractivity contribution < 1.29 is 9.84 Å². The van der Waals surface area contributed by atoms with E-state index >= 15 is 0 Å². The molecule has 1 aliphatic heterocycles. The van der Waals surface area contributed by atoms with Gasteiger partial charge in [0.15, 0.2) is 0 Å². The number of pyridine rings is 1. The number of rotatable bonds is 1. The van der Waals surface area contributed by atoms with E-state index in [2.05, 4.69) is 4.98 Å². The van der Waals surface area contributed by atoms with Gasteiger partial charge in [-0.3, -0.25) is 4.98 Å². The molecule has 0 bridgehead atoms. The van der Waals surface area contributed by atoms with Gasteiger partial charge in [-0.15, -0.1) is 0 Å². The Bertz CT molecular complexity index is 799. The van der Waals surface area contributed by atoms with E-state index in [1.54, 1.807) is 6.20 Å². The lowest BCUT2D eigenvalue weighted by Crippen LogP contribution is -2.13. The van der Waals surface area contributed by atoms with Crippen LogP contribution in [0.5, 0.6) is 5.75 Å². The Kier molecular flexibility index (Phi) is 2.72. The van der Waals surface area contributed by atoms with Crippen molar-refractivity contribution in [2.45, 2.75) is 6.29 Å². The first kappa shape index (κ1) is 12.1. The molecule has 1 aromatic heterocycles. The summed E-state index contributed by atoms with van der Waals surface area (Å²) in [5.41, 5.74) is 4.60. The van der Waals surface area contributed by atoms with Crippen LogP contribution >= 0.6 is 0 Å². The Morgan fingerprint density at radius 3 is 2.52 bits per heavy atom. The molecule has 1 atom stereocenters. The summed E-state index contributed by atoms with van der Waals surface area (Å²) in [6.07, 6.45) is 0.727. The van der Waals surface area contributed by atoms with Gasteiger partial charge in [-0.1, -0.05) is 48.5 Å². The maximum Gasteiger partial charge on any atom is 0.226 e. The van der Waals surface area contributed by atoms with Crippen LogP contribution in [0, 0.1) is 0 Å². The van der Waals surface area contributed by atoms with Gasteiger partial charge in [-0.25, -0.2) is 0 Å². The number of benzene rings is 2. The summed E-state index contributed by atoms with van der Waals surface area (Å²) in [4.78, 5) is 4.45. The van der Waals surface area contributed by atoms with Gasteiger partial charge in [0.25, 0.3) is 0 Å². The summed E-state index contributed by atoms with van der Waals surface area (Å²) in [5.74, 6) is 0.697. The number of ether oxygens (including phenoxy) is 1. The maximum atomic E-state index is 10.1. The summed E-state index contributed by atoms with van der Waals surface area (Å²) in [6, 6.07) is 19.7. The molecule has 4 rings (SSSR count). The maximum absolute atomic E-state index is 10.1. The number of aromatic nitrogens is 1. The number of fused-ring (bicyclic) bond motifs is 3. The molecular weight excluding hydrogens is 262 g/mol. The van der Waals surface area contributed by atoms with Gasteiger partial charge in [-0.2, -0.15) is 0 Å². The van der Waals surface area contributed by atoms with Gasteiger partial charge in [0.1, 0.15) is 5.75 Å². The molecule has 0 aliphatic carbocycles. The highest BCUT2D eigenvalue weighted by molar-refractivity contribution is 5.78. The first-order valence-corrected chi connectivity index (χ1v) is 6.82. The van der Waals surface area contributed by atoms with E-state index in [1.165, 1.54) is 0 Å². The Morgan fingerprint density at radius 1 is 0.905 bits per heavy atom. The minimum absolute atomic E-state index is 0.697. The van der Waals surface area contributed by atoms with E-state index in [4.69, 9.17) is 4.74 Å². The fourth-order valence-corrected chi connectivity index (χ4v) is 2.64. The standard InChI is InChI=1S/C18H13NO2/c20-18-15-11-19-16(12-6-2-1-3-7-12)10-14(15)13-8-4-5-9-17(13)21-18/h1-11,18,20H. The molecule has 1 N–H and O–H groups in total. The lowest BCUT2D eigenvalue weighted by molar-refractivity contribution is -0.0215. The molecule has 2 aromatic carbocycles. The lowest BCUT2D eigenvalue weighted by atomic mass is 9.96. The molecule has 21 heavy (non-hydrogen) atoms. The van der Waals surface area contributed by atoms with E-state index in [1.807, 2.05) is 60.7 Å². The van der Waals surface area contributed by atoms with Crippen LogP contribution in [0.25, 0.3) is 22.4 Å². The SMILES string of the molecule is OC1Oc2ccccc2-c2cc(-c3ccccc3)ncc21. The van der Waals surface area contributed by atoms with Crippen molar-refractivity contribution in [3.63, 3.8) is 0 Å². The summed E-state index contributed by atoms with van der Waals surface area (Å²) in [7, 11) is 0. The molecule has 0 spiro atoms. The van der Waals surface area contributed by atoms with Gasteiger partial charge >= 0.3 is 0 Å². The Morgan fingerprint density at radius 2 is 1.67 bits per heavy atom. The van der Waals surface area contributed by atoms with Crippen LogP contribution in [0.4, 0.5) is 0 Å². The van der Waals surface area contributed by atoms with E-state index < -0.39 is 6.29 Å². The number of nitrogens with zero attached hydrogens (tertiary/aromatic N) is 1. The molecule has 0 saturated carbocycles. The van der Waals surface area contributed by atoms with Crippen LogP contribution < -0.4 is 4.74 Å². The molecule has 0 radical (unpaired) electrons. The van der Waals surface area contributed by atoms with Crippen molar-refractivity contribution >= 4 is 0 Å². The van der Waals surface area contributed by atoms with Crippen LogP contribution in [0.1, 0.15) is 11.9 Å². The Hall–Kier alpha value is -2.65. The van der Waals surface area contributed by atoms with Crippen molar-refractivity contribution in [3.8, 4) is 28.1 Å². The minimum atomic E-state index is -0.966. The van der Waals surface area contributed by atoms with Gasteiger partial charge in [-0.05, 0) is 17.7 Å². The van der Waals surface area contributed by atoms with Crippen LogP contribution in [-0.2, 0) is 0 Å². The second-order valence-corrected chi connectivity index (χ2v) is 4.99. The third-order valence-electron chi connectivity index (χ3n) is 3.69. The highest BCUT2D eigenvalue weighted by Crippen LogP contribution is 2.42. The molecule has 102 valence electrons. The smallest absolute Gasteiger partial charge is 0.226 e. The van der Waals surface area contributed by atoms with Crippen molar-refractivity contribution in [1.82, 2.24) is 4.98 Å². The zero-order chi connectivity index (χ0) is 14.2. The average Bonchev–Trinajstić information content (AvgIpc) is 2.55. The second-order valence-electron chi connectivity index (χ2n) is 4.99. The van der Waals surface area contributed by atoms with E-state index in [9.17, 15) is 5.11 Å². The Balaban J connectivity index is 1.92. The third kappa shape index (κ3) is 1.99. The number of hydrogen-bond acceptors (Lipinski definition) is 3. The lowest BCUT2D eigenvalue weighted by Gasteiger charge is -2.25. The van der Waals surface area contributed by atoms with Crippen molar-refractivity contribution in [2.75, 3.05) is 0 Å². The zero-order valence-corrected chi connectivity index (χ0v) is 11.2. The van der Waals surface area contributed by atoms with Crippen molar-refractivity contribution in [2.24, 2.45) is 0 Å². The third-order valence-corrected chi connectivity index (χ3v) is 3.69. The van der Waals surface area contributed by atoms with Crippen LogP contribution in [0.15, 0.2) is 66.9 Å². The normalized spacial score (nSPS) is 15.8.